The van der Waals surface area contributed by atoms with Crippen LogP contribution in [0.25, 0.3) is 0 Å². The number of nitrogens with zero attached hydrogens (tertiary/aromatic N) is 2. The quantitative estimate of drug-likeness (QED) is 0.398. The second-order valence-corrected chi connectivity index (χ2v) is 1.42. The molecule has 0 aromatic carbocycles. The molecule has 0 saturated carbocycles. The van der Waals surface area contributed by atoms with E-state index in [1.165, 1.54) is 24.8 Å². The second kappa shape index (κ2) is 2.17. The van der Waals surface area contributed by atoms with Gasteiger partial charge in [0.05, 0.1) is 12.4 Å². The van der Waals surface area contributed by atoms with Crippen LogP contribution in [0.1, 0.15) is 0 Å². The molecule has 0 saturated heterocycles. The molecule has 0 atom stereocenters. The molecule has 9 heavy (non-hydrogen) atoms. The van der Waals surface area contributed by atoms with Crippen molar-refractivity contribution in [2.45, 2.75) is 0 Å². The summed E-state index contributed by atoms with van der Waals surface area (Å²) in [5, 5.41) is 13.0. The Morgan fingerprint density at radius 1 is 1.44 bits per heavy atom. The van der Waals surface area contributed by atoms with E-state index in [0.717, 1.165) is 5.01 Å². The molecule has 0 unspecified atom stereocenters. The first-order chi connectivity index (χ1) is 4.30. The standard InChI is InChI=1S/C4H5N3O2/c8-7(9)6-3-1-5-2-4-6/h1-5H. The van der Waals surface area contributed by atoms with Crippen LogP contribution >= 0.6 is 0 Å². The number of hydrogen-bond donors (Lipinski definition) is 1. The van der Waals surface area contributed by atoms with E-state index < -0.39 is 5.03 Å². The van der Waals surface area contributed by atoms with Gasteiger partial charge in [0.1, 0.15) is 0 Å². The van der Waals surface area contributed by atoms with Gasteiger partial charge in [0, 0.05) is 12.4 Å². The summed E-state index contributed by atoms with van der Waals surface area (Å²) in [6.45, 7) is 0. The SMILES string of the molecule is O=[N+]([O-])N1C=CNC=C1. The fraction of sp³-hybridized carbons (Fsp3) is 0. The van der Waals surface area contributed by atoms with Crippen molar-refractivity contribution in [3.63, 3.8) is 0 Å². The molecular weight excluding hydrogens is 122 g/mol. The first-order valence-electron chi connectivity index (χ1n) is 2.33. The van der Waals surface area contributed by atoms with Crippen molar-refractivity contribution < 1.29 is 5.03 Å². The van der Waals surface area contributed by atoms with Crippen molar-refractivity contribution >= 4 is 0 Å². The fourth-order valence-electron chi connectivity index (χ4n) is 0.453. The Kier molecular flexibility index (Phi) is 1.35. The van der Waals surface area contributed by atoms with Crippen LogP contribution in [-0.4, -0.2) is 10.0 Å². The van der Waals surface area contributed by atoms with Crippen molar-refractivity contribution in [3.8, 4) is 0 Å². The topological polar surface area (TPSA) is 58.4 Å². The minimum Gasteiger partial charge on any atom is -0.365 e. The van der Waals surface area contributed by atoms with Crippen LogP contribution in [0.3, 0.4) is 0 Å². The minimum atomic E-state index is -0.520. The zero-order valence-corrected chi connectivity index (χ0v) is 4.52. The molecule has 1 aliphatic rings. The molecule has 0 spiro atoms. The lowest BCUT2D eigenvalue weighted by Gasteiger charge is -2.05. The highest BCUT2D eigenvalue weighted by Crippen LogP contribution is 1.93. The van der Waals surface area contributed by atoms with Crippen LogP contribution in [0.2, 0.25) is 0 Å². The van der Waals surface area contributed by atoms with Gasteiger partial charge in [0.25, 0.3) is 0 Å². The first kappa shape index (κ1) is 5.61. The molecule has 0 aromatic rings. The van der Waals surface area contributed by atoms with Crippen LogP contribution in [0.5, 0.6) is 0 Å². The molecule has 5 heteroatoms. The molecule has 1 heterocycles. The number of nitrogens with one attached hydrogen (secondary N) is 1. The lowest BCUT2D eigenvalue weighted by Crippen LogP contribution is -2.21. The minimum absolute atomic E-state index is 0.520. The number of hydrazine groups is 1. The Labute approximate surface area is 51.4 Å². The molecule has 5 nitrogen and oxygen atoms in total. The van der Waals surface area contributed by atoms with Gasteiger partial charge in [-0.2, -0.15) is 0 Å². The van der Waals surface area contributed by atoms with Crippen molar-refractivity contribution in [3.05, 3.63) is 34.9 Å². The van der Waals surface area contributed by atoms with Crippen molar-refractivity contribution in [1.29, 1.82) is 0 Å². The van der Waals surface area contributed by atoms with E-state index in [0.29, 0.717) is 0 Å². The van der Waals surface area contributed by atoms with Gasteiger partial charge in [0.15, 0.2) is 5.03 Å². The van der Waals surface area contributed by atoms with Gasteiger partial charge >= 0.3 is 0 Å². The number of nitro groups is 1. The maximum absolute atomic E-state index is 9.96. The van der Waals surface area contributed by atoms with E-state index in [9.17, 15) is 10.1 Å². The average molecular weight is 127 g/mol. The molecule has 0 aliphatic carbocycles. The Morgan fingerprint density at radius 2 is 2.00 bits per heavy atom. The molecule has 0 aromatic heterocycles. The summed E-state index contributed by atoms with van der Waals surface area (Å²) in [4.78, 5) is 9.96. The summed E-state index contributed by atoms with van der Waals surface area (Å²) >= 11 is 0. The van der Waals surface area contributed by atoms with Crippen molar-refractivity contribution in [1.82, 2.24) is 10.3 Å². The van der Waals surface area contributed by atoms with Crippen LogP contribution in [0.15, 0.2) is 24.8 Å². The molecular formula is C4H5N3O2. The third kappa shape index (κ3) is 1.18. The van der Waals surface area contributed by atoms with Crippen LogP contribution in [0.4, 0.5) is 0 Å². The molecule has 0 radical (unpaired) electrons. The third-order valence-electron chi connectivity index (χ3n) is 0.836. The monoisotopic (exact) mass is 127 g/mol. The summed E-state index contributed by atoms with van der Waals surface area (Å²) in [5.41, 5.74) is 0. The lowest BCUT2D eigenvalue weighted by molar-refractivity contribution is -0.624. The van der Waals surface area contributed by atoms with Gasteiger partial charge in [-0.15, -0.1) is 0 Å². The molecule has 0 amide bonds. The highest BCUT2D eigenvalue weighted by Gasteiger charge is 2.05. The van der Waals surface area contributed by atoms with Crippen LogP contribution in [-0.2, 0) is 0 Å². The van der Waals surface area contributed by atoms with Gasteiger partial charge in [-0.1, -0.05) is 5.01 Å². The summed E-state index contributed by atoms with van der Waals surface area (Å²) in [5.74, 6) is 0. The van der Waals surface area contributed by atoms with E-state index in [1.807, 2.05) is 0 Å². The Bertz CT molecular complexity index is 163. The summed E-state index contributed by atoms with van der Waals surface area (Å²) < 4.78 is 0. The maximum atomic E-state index is 9.96. The largest absolute Gasteiger partial charge is 0.365 e. The smallest absolute Gasteiger partial charge is 0.169 e. The molecule has 1 aliphatic heterocycles. The van der Waals surface area contributed by atoms with E-state index >= 15 is 0 Å². The van der Waals surface area contributed by atoms with Crippen molar-refractivity contribution in [2.75, 3.05) is 0 Å². The number of hydrogen-bond acceptors (Lipinski definition) is 3. The number of rotatable bonds is 1. The predicted octanol–water partition coefficient (Wildman–Crippen LogP) is 0.0257. The highest BCUT2D eigenvalue weighted by molar-refractivity contribution is 4.94. The molecule has 0 fully saturated rings. The molecule has 1 rings (SSSR count). The van der Waals surface area contributed by atoms with Crippen LogP contribution < -0.4 is 5.32 Å². The van der Waals surface area contributed by atoms with Gasteiger partial charge in [-0.05, 0) is 0 Å². The fourth-order valence-corrected chi connectivity index (χ4v) is 0.453. The maximum Gasteiger partial charge on any atom is 0.169 e. The molecule has 48 valence electrons. The van der Waals surface area contributed by atoms with E-state index in [-0.39, 0.29) is 0 Å². The first-order valence-corrected chi connectivity index (χ1v) is 2.33. The lowest BCUT2D eigenvalue weighted by atomic mass is 10.7. The van der Waals surface area contributed by atoms with Gasteiger partial charge < -0.3 is 5.32 Å². The molecule has 0 bridgehead atoms. The van der Waals surface area contributed by atoms with Gasteiger partial charge in [0.2, 0.25) is 0 Å². The summed E-state index contributed by atoms with van der Waals surface area (Å²) in [7, 11) is 0. The molecule has 1 N–H and O–H groups in total. The Hall–Kier alpha value is -1.52. The van der Waals surface area contributed by atoms with Gasteiger partial charge in [-0.25, -0.2) is 10.1 Å². The van der Waals surface area contributed by atoms with E-state index in [2.05, 4.69) is 5.32 Å². The van der Waals surface area contributed by atoms with E-state index in [1.54, 1.807) is 0 Å². The summed E-state index contributed by atoms with van der Waals surface area (Å²) in [6.07, 6.45) is 5.59. The van der Waals surface area contributed by atoms with E-state index in [4.69, 9.17) is 0 Å². The predicted molar refractivity (Wildman–Crippen MR) is 30.2 cm³/mol. The third-order valence-corrected chi connectivity index (χ3v) is 0.836. The Morgan fingerprint density at radius 3 is 2.33 bits per heavy atom. The normalized spacial score (nSPS) is 15.3. The second-order valence-electron chi connectivity index (χ2n) is 1.42. The average Bonchev–Trinajstić information content (AvgIpc) is 1.90. The Balaban J connectivity index is 2.60. The zero-order valence-electron chi connectivity index (χ0n) is 4.52. The zero-order chi connectivity index (χ0) is 6.69. The highest BCUT2D eigenvalue weighted by atomic mass is 16.7. The van der Waals surface area contributed by atoms with Crippen molar-refractivity contribution in [2.24, 2.45) is 0 Å². The van der Waals surface area contributed by atoms with Crippen LogP contribution in [0, 0.1) is 10.1 Å². The summed E-state index contributed by atoms with van der Waals surface area (Å²) in [6, 6.07) is 0. The van der Waals surface area contributed by atoms with Gasteiger partial charge in [-0.3, -0.25) is 0 Å².